The molecule has 0 aromatic rings. The first-order chi connectivity index (χ1) is 8.41. The molecule has 1 fully saturated rings. The first-order valence-corrected chi connectivity index (χ1v) is 6.38. The van der Waals surface area contributed by atoms with Gasteiger partial charge in [-0.3, -0.25) is 9.69 Å². The third-order valence-electron chi connectivity index (χ3n) is 3.37. The van der Waals surface area contributed by atoms with Gasteiger partial charge in [0.1, 0.15) is 0 Å². The van der Waals surface area contributed by atoms with Crippen molar-refractivity contribution in [1.29, 1.82) is 0 Å². The van der Waals surface area contributed by atoms with E-state index in [2.05, 4.69) is 29.5 Å². The van der Waals surface area contributed by atoms with Crippen molar-refractivity contribution in [2.75, 3.05) is 20.1 Å². The third kappa shape index (κ3) is 4.91. The maximum Gasteiger partial charge on any atom is 0.314 e. The lowest BCUT2D eigenvalue weighted by Gasteiger charge is -2.24. The molecule has 1 aliphatic rings. The molecular weight excluding hydrogens is 234 g/mol. The number of carbonyl (C=O) groups excluding carboxylic acids is 1. The highest BCUT2D eigenvalue weighted by Crippen LogP contribution is 2.26. The van der Waals surface area contributed by atoms with Gasteiger partial charge in [-0.15, -0.1) is 0 Å². The molecule has 0 saturated heterocycles. The minimum absolute atomic E-state index is 0.147. The quantitative estimate of drug-likeness (QED) is 0.620. The van der Waals surface area contributed by atoms with Gasteiger partial charge >= 0.3 is 12.0 Å². The minimum atomic E-state index is -0.905. The minimum Gasteiger partial charge on any atom is -0.481 e. The van der Waals surface area contributed by atoms with Crippen LogP contribution >= 0.6 is 0 Å². The van der Waals surface area contributed by atoms with Crippen molar-refractivity contribution in [2.45, 2.75) is 38.8 Å². The van der Waals surface area contributed by atoms with Crippen molar-refractivity contribution in [3.05, 3.63) is 0 Å². The molecule has 18 heavy (non-hydrogen) atoms. The van der Waals surface area contributed by atoms with Crippen molar-refractivity contribution in [2.24, 2.45) is 5.92 Å². The molecule has 0 aromatic heterocycles. The van der Waals surface area contributed by atoms with Gasteiger partial charge in [0.2, 0.25) is 0 Å². The number of urea groups is 1. The van der Waals surface area contributed by atoms with E-state index in [-0.39, 0.29) is 12.6 Å². The average Bonchev–Trinajstić information content (AvgIpc) is 3.15. The summed E-state index contributed by atoms with van der Waals surface area (Å²) in [5.74, 6) is -1.47. The maximum atomic E-state index is 11.4. The molecule has 0 spiro atoms. The number of nitrogens with zero attached hydrogens (tertiary/aromatic N) is 1. The highest BCUT2D eigenvalue weighted by Gasteiger charge is 2.29. The van der Waals surface area contributed by atoms with Gasteiger partial charge in [0.25, 0.3) is 0 Å². The molecule has 1 saturated carbocycles. The highest BCUT2D eigenvalue weighted by molar-refractivity contribution is 5.75. The number of carbonyl (C=O) groups is 2. The Bertz CT molecular complexity index is 305. The Morgan fingerprint density at radius 1 is 1.28 bits per heavy atom. The molecule has 0 radical (unpaired) electrons. The predicted octanol–water partition coefficient (Wildman–Crippen LogP) is 0.489. The average molecular weight is 257 g/mol. The van der Waals surface area contributed by atoms with Gasteiger partial charge in [-0.25, -0.2) is 4.79 Å². The molecule has 6 nitrogen and oxygen atoms in total. The Morgan fingerprint density at radius 2 is 1.83 bits per heavy atom. The van der Waals surface area contributed by atoms with Gasteiger partial charge in [-0.1, -0.05) is 6.92 Å². The second-order valence-electron chi connectivity index (χ2n) is 5.08. The first kappa shape index (κ1) is 14.8. The number of amides is 2. The van der Waals surface area contributed by atoms with Gasteiger partial charge in [0.15, 0.2) is 0 Å². The van der Waals surface area contributed by atoms with E-state index in [0.29, 0.717) is 18.6 Å². The van der Waals surface area contributed by atoms with Crippen molar-refractivity contribution in [3.8, 4) is 0 Å². The molecule has 3 N–H and O–H groups in total. The van der Waals surface area contributed by atoms with Crippen LogP contribution in [0.25, 0.3) is 0 Å². The van der Waals surface area contributed by atoms with Crippen LogP contribution in [0.15, 0.2) is 0 Å². The van der Waals surface area contributed by atoms with Gasteiger partial charge in [-0.05, 0) is 26.8 Å². The van der Waals surface area contributed by atoms with E-state index in [4.69, 9.17) is 5.11 Å². The van der Waals surface area contributed by atoms with Gasteiger partial charge < -0.3 is 15.7 Å². The Labute approximate surface area is 108 Å². The zero-order chi connectivity index (χ0) is 13.7. The molecule has 2 unspecified atom stereocenters. The number of carboxylic acids is 1. The number of rotatable bonds is 7. The Balaban J connectivity index is 2.14. The second-order valence-corrected chi connectivity index (χ2v) is 5.08. The fourth-order valence-electron chi connectivity index (χ4n) is 1.62. The van der Waals surface area contributed by atoms with Crippen molar-refractivity contribution in [1.82, 2.24) is 15.5 Å². The van der Waals surface area contributed by atoms with Crippen molar-refractivity contribution < 1.29 is 14.7 Å². The van der Waals surface area contributed by atoms with Crippen LogP contribution in [0.4, 0.5) is 4.79 Å². The molecule has 104 valence electrons. The topological polar surface area (TPSA) is 81.7 Å². The molecule has 0 aliphatic heterocycles. The van der Waals surface area contributed by atoms with E-state index < -0.39 is 11.9 Å². The molecule has 2 amide bonds. The number of carboxylic acid groups (broad SMARTS) is 1. The number of aliphatic carboxylic acids is 1. The summed E-state index contributed by atoms with van der Waals surface area (Å²) in [6.07, 6.45) is 2.48. The van der Waals surface area contributed by atoms with Crippen molar-refractivity contribution in [3.63, 3.8) is 0 Å². The van der Waals surface area contributed by atoms with E-state index in [9.17, 15) is 9.59 Å². The summed E-state index contributed by atoms with van der Waals surface area (Å²) in [4.78, 5) is 24.3. The molecule has 0 heterocycles. The van der Waals surface area contributed by atoms with Crippen LogP contribution in [0.3, 0.4) is 0 Å². The summed E-state index contributed by atoms with van der Waals surface area (Å²) < 4.78 is 0. The second kappa shape index (κ2) is 6.58. The normalized spacial score (nSPS) is 18.2. The molecule has 1 rings (SSSR count). The third-order valence-corrected chi connectivity index (χ3v) is 3.37. The molecule has 0 aromatic carbocycles. The lowest BCUT2D eigenvalue weighted by molar-refractivity contribution is -0.140. The van der Waals surface area contributed by atoms with Crippen molar-refractivity contribution >= 4 is 12.0 Å². The van der Waals surface area contributed by atoms with E-state index in [1.54, 1.807) is 6.92 Å². The van der Waals surface area contributed by atoms with Crippen LogP contribution < -0.4 is 10.6 Å². The zero-order valence-electron chi connectivity index (χ0n) is 11.3. The smallest absolute Gasteiger partial charge is 0.314 e. The van der Waals surface area contributed by atoms with Crippen LogP contribution in [0, 0.1) is 5.92 Å². The summed E-state index contributed by atoms with van der Waals surface area (Å²) in [6, 6.07) is 0.649. The van der Waals surface area contributed by atoms with Gasteiger partial charge in [0, 0.05) is 25.2 Å². The summed E-state index contributed by atoms with van der Waals surface area (Å²) in [5, 5.41) is 14.0. The summed E-state index contributed by atoms with van der Waals surface area (Å²) in [6.45, 7) is 4.35. The number of hydrogen-bond donors (Lipinski definition) is 3. The fourth-order valence-corrected chi connectivity index (χ4v) is 1.62. The number of likely N-dealkylation sites (N-methyl/N-ethyl adjacent to an activating group) is 1. The first-order valence-electron chi connectivity index (χ1n) is 6.38. The summed E-state index contributed by atoms with van der Waals surface area (Å²) >= 11 is 0. The SMILES string of the molecule is CC(CNC(=O)NCC(C)N(C)C1CC1)C(=O)O. The standard InChI is InChI=1S/C12H23N3O3/c1-8(11(16)17)6-13-12(18)14-7-9(2)15(3)10-4-5-10/h8-10H,4-7H2,1-3H3,(H,16,17)(H2,13,14,18). The van der Waals surface area contributed by atoms with Gasteiger partial charge in [0.05, 0.1) is 5.92 Å². The zero-order valence-corrected chi connectivity index (χ0v) is 11.3. The number of hydrogen-bond acceptors (Lipinski definition) is 3. The number of nitrogens with one attached hydrogen (secondary N) is 2. The Kier molecular flexibility index (Phi) is 5.40. The molecule has 0 bridgehead atoms. The van der Waals surface area contributed by atoms with E-state index in [0.717, 1.165) is 0 Å². The molecule has 2 atom stereocenters. The molecule has 6 heteroatoms. The van der Waals surface area contributed by atoms with Gasteiger partial charge in [-0.2, -0.15) is 0 Å². The summed E-state index contributed by atoms with van der Waals surface area (Å²) in [5.41, 5.74) is 0. The van der Waals surface area contributed by atoms with Crippen LogP contribution in [0.5, 0.6) is 0 Å². The monoisotopic (exact) mass is 257 g/mol. The van der Waals surface area contributed by atoms with Crippen LogP contribution in [0.2, 0.25) is 0 Å². The molecule has 1 aliphatic carbocycles. The Morgan fingerprint density at radius 3 is 2.33 bits per heavy atom. The van der Waals surface area contributed by atoms with E-state index in [1.807, 2.05) is 0 Å². The lowest BCUT2D eigenvalue weighted by atomic mass is 10.2. The highest BCUT2D eigenvalue weighted by atomic mass is 16.4. The predicted molar refractivity (Wildman–Crippen MR) is 68.4 cm³/mol. The summed E-state index contributed by atoms with van der Waals surface area (Å²) in [7, 11) is 2.06. The maximum absolute atomic E-state index is 11.4. The Hall–Kier alpha value is -1.30. The van der Waals surface area contributed by atoms with Crippen LogP contribution in [0.1, 0.15) is 26.7 Å². The van der Waals surface area contributed by atoms with E-state index >= 15 is 0 Å². The molecular formula is C12H23N3O3. The van der Waals surface area contributed by atoms with Crippen LogP contribution in [-0.2, 0) is 4.79 Å². The van der Waals surface area contributed by atoms with Crippen LogP contribution in [-0.4, -0.2) is 54.2 Å². The lowest BCUT2D eigenvalue weighted by Crippen LogP contribution is -2.45. The van der Waals surface area contributed by atoms with E-state index in [1.165, 1.54) is 12.8 Å². The fraction of sp³-hybridized carbons (Fsp3) is 0.833. The largest absolute Gasteiger partial charge is 0.481 e.